The van der Waals surface area contributed by atoms with E-state index in [1.165, 1.54) is 0 Å². The van der Waals surface area contributed by atoms with Gasteiger partial charge in [-0.15, -0.1) is 6.58 Å². The molecule has 0 fully saturated rings. The van der Waals surface area contributed by atoms with E-state index in [4.69, 9.17) is 12.6 Å². The Morgan fingerprint density at radius 1 is 1.42 bits per heavy atom. The van der Waals surface area contributed by atoms with Gasteiger partial charge in [0.15, 0.2) is 0 Å². The molecule has 0 aromatic carbocycles. The summed E-state index contributed by atoms with van der Waals surface area (Å²) in [5.41, 5.74) is 0.0583. The van der Waals surface area contributed by atoms with Crippen LogP contribution in [0.15, 0.2) is 49.6 Å². The van der Waals surface area contributed by atoms with Crippen LogP contribution in [0.3, 0.4) is 0 Å². The van der Waals surface area contributed by atoms with Crippen LogP contribution in [-0.2, 0) is 0 Å². The maximum absolute atomic E-state index is 5.10. The van der Waals surface area contributed by atoms with Gasteiger partial charge in [-0.25, -0.2) is 0 Å². The molecule has 0 heterocycles. The Morgan fingerprint density at radius 2 is 2.05 bits per heavy atom. The fourth-order valence-electron chi connectivity index (χ4n) is 3.58. The maximum Gasteiger partial charge on any atom is 0.0260 e. The fraction of sp³-hybridized carbons (Fsp3) is 0.556. The summed E-state index contributed by atoms with van der Waals surface area (Å²) in [6, 6.07) is 0. The number of hydrogen-bond donors (Lipinski definition) is 1. The van der Waals surface area contributed by atoms with Gasteiger partial charge in [0.2, 0.25) is 0 Å². The van der Waals surface area contributed by atoms with Crippen LogP contribution >= 0.6 is 12.6 Å². The summed E-state index contributed by atoms with van der Waals surface area (Å²) in [6.45, 7) is 16.9. The van der Waals surface area contributed by atoms with Crippen molar-refractivity contribution in [1.29, 1.82) is 0 Å². The van der Waals surface area contributed by atoms with E-state index in [2.05, 4.69) is 65.2 Å². The van der Waals surface area contributed by atoms with E-state index in [0.29, 0.717) is 17.8 Å². The first-order chi connectivity index (χ1) is 8.84. The van der Waals surface area contributed by atoms with Crippen molar-refractivity contribution in [3.63, 3.8) is 0 Å². The summed E-state index contributed by atoms with van der Waals surface area (Å²) in [5.74, 6) is 1.35. The molecule has 0 spiro atoms. The first kappa shape index (κ1) is 16.4. The number of thiol groups is 1. The van der Waals surface area contributed by atoms with Crippen molar-refractivity contribution in [2.24, 2.45) is 23.2 Å². The molecule has 0 radical (unpaired) electrons. The standard InChI is InChI=1S/C18H28S/c1-7-9-11-15(4)17(6,19)18(14(3)8-2)13-10-12-16(18)5/h7-11,13-16,19H,1-2,12H2,3-6H3/b11-9-. The molecule has 1 aliphatic rings. The zero-order valence-corrected chi connectivity index (χ0v) is 13.7. The maximum atomic E-state index is 5.10. The number of hydrogen-bond acceptors (Lipinski definition) is 1. The topological polar surface area (TPSA) is 0 Å². The molecular weight excluding hydrogens is 248 g/mol. The third kappa shape index (κ3) is 2.63. The van der Waals surface area contributed by atoms with Crippen molar-refractivity contribution >= 4 is 12.6 Å². The summed E-state index contributed by atoms with van der Waals surface area (Å²) < 4.78 is -0.119. The molecule has 0 aliphatic heterocycles. The van der Waals surface area contributed by atoms with E-state index in [1.807, 2.05) is 12.2 Å². The van der Waals surface area contributed by atoms with E-state index in [1.54, 1.807) is 0 Å². The highest BCUT2D eigenvalue weighted by Crippen LogP contribution is 2.57. The highest BCUT2D eigenvalue weighted by Gasteiger charge is 2.53. The zero-order valence-electron chi connectivity index (χ0n) is 12.8. The van der Waals surface area contributed by atoms with Gasteiger partial charge in [-0.3, -0.25) is 0 Å². The quantitative estimate of drug-likeness (QED) is 0.372. The molecule has 0 saturated heterocycles. The smallest absolute Gasteiger partial charge is 0.0260 e. The molecule has 0 saturated carbocycles. The van der Waals surface area contributed by atoms with Crippen LogP contribution in [0.5, 0.6) is 0 Å². The molecule has 1 rings (SSSR count). The van der Waals surface area contributed by atoms with Crippen molar-refractivity contribution in [2.45, 2.75) is 38.9 Å². The molecule has 0 aromatic rings. The van der Waals surface area contributed by atoms with E-state index in [0.717, 1.165) is 6.42 Å². The van der Waals surface area contributed by atoms with Crippen LogP contribution in [0.1, 0.15) is 34.1 Å². The molecule has 19 heavy (non-hydrogen) atoms. The van der Waals surface area contributed by atoms with E-state index in [9.17, 15) is 0 Å². The summed E-state index contributed by atoms with van der Waals surface area (Å²) in [5, 5.41) is 0. The van der Waals surface area contributed by atoms with Crippen LogP contribution in [0, 0.1) is 23.2 Å². The highest BCUT2D eigenvalue weighted by molar-refractivity contribution is 7.81. The first-order valence-corrected chi connectivity index (χ1v) is 7.61. The lowest BCUT2D eigenvalue weighted by Gasteiger charge is -2.51. The average Bonchev–Trinajstić information content (AvgIpc) is 2.78. The average molecular weight is 276 g/mol. The molecule has 0 aromatic heterocycles. The summed E-state index contributed by atoms with van der Waals surface area (Å²) in [7, 11) is 0. The summed E-state index contributed by atoms with van der Waals surface area (Å²) in [4.78, 5) is 0. The minimum Gasteiger partial charge on any atom is -0.171 e. The normalized spacial score (nSPS) is 33.0. The van der Waals surface area contributed by atoms with E-state index < -0.39 is 0 Å². The SMILES string of the molecule is C=C/C=C\C(C)C(C)(S)C1(C(C)C=C)C=CCC1C. The third-order valence-corrected chi connectivity index (χ3v) is 5.90. The second-order valence-electron chi connectivity index (χ2n) is 6.05. The molecule has 0 bridgehead atoms. The molecule has 1 aliphatic carbocycles. The lowest BCUT2D eigenvalue weighted by Crippen LogP contribution is -2.50. The van der Waals surface area contributed by atoms with Gasteiger partial charge in [0.25, 0.3) is 0 Å². The van der Waals surface area contributed by atoms with E-state index >= 15 is 0 Å². The van der Waals surface area contributed by atoms with Gasteiger partial charge >= 0.3 is 0 Å². The van der Waals surface area contributed by atoms with Gasteiger partial charge in [0, 0.05) is 10.2 Å². The van der Waals surface area contributed by atoms with E-state index in [-0.39, 0.29) is 10.2 Å². The molecule has 0 nitrogen and oxygen atoms in total. The van der Waals surface area contributed by atoms with Crippen molar-refractivity contribution in [3.05, 3.63) is 49.6 Å². The van der Waals surface area contributed by atoms with Gasteiger partial charge in [0.1, 0.15) is 0 Å². The Balaban J connectivity index is 3.24. The van der Waals surface area contributed by atoms with Crippen molar-refractivity contribution < 1.29 is 0 Å². The Kier molecular flexibility index (Phi) is 5.32. The second kappa shape index (κ2) is 6.17. The molecule has 0 N–H and O–H groups in total. The second-order valence-corrected chi connectivity index (χ2v) is 6.98. The Morgan fingerprint density at radius 3 is 2.47 bits per heavy atom. The van der Waals surface area contributed by atoms with Crippen LogP contribution in [-0.4, -0.2) is 4.75 Å². The number of allylic oxidation sites excluding steroid dienone is 6. The monoisotopic (exact) mass is 276 g/mol. The van der Waals surface area contributed by atoms with Gasteiger partial charge in [-0.1, -0.05) is 63.8 Å². The largest absolute Gasteiger partial charge is 0.171 e. The number of rotatable bonds is 6. The predicted molar refractivity (Wildman–Crippen MR) is 90.6 cm³/mol. The highest BCUT2D eigenvalue weighted by atomic mass is 32.1. The minimum absolute atomic E-state index is 0.0583. The van der Waals surface area contributed by atoms with Crippen LogP contribution in [0.25, 0.3) is 0 Å². The lowest BCUT2D eigenvalue weighted by atomic mass is 9.58. The molecule has 1 heteroatoms. The third-order valence-electron chi connectivity index (χ3n) is 5.10. The van der Waals surface area contributed by atoms with Gasteiger partial charge in [0.05, 0.1) is 0 Å². The van der Waals surface area contributed by atoms with Crippen molar-refractivity contribution in [2.75, 3.05) is 0 Å². The van der Waals surface area contributed by atoms with Crippen molar-refractivity contribution in [3.8, 4) is 0 Å². The van der Waals surface area contributed by atoms with Crippen LogP contribution < -0.4 is 0 Å². The predicted octanol–water partition coefficient (Wildman–Crippen LogP) is 5.46. The Hall–Kier alpha value is -0.690. The summed E-state index contributed by atoms with van der Waals surface area (Å²) in [6.07, 6.45) is 14.0. The molecule has 5 atom stereocenters. The molecule has 106 valence electrons. The van der Waals surface area contributed by atoms with Gasteiger partial charge in [-0.2, -0.15) is 12.6 Å². The van der Waals surface area contributed by atoms with Crippen LogP contribution in [0.2, 0.25) is 0 Å². The van der Waals surface area contributed by atoms with Gasteiger partial charge < -0.3 is 0 Å². The Labute approximate surface area is 124 Å². The summed E-state index contributed by atoms with van der Waals surface area (Å²) >= 11 is 5.10. The molecule has 0 amide bonds. The zero-order chi connectivity index (χ0) is 14.7. The minimum atomic E-state index is -0.119. The van der Waals surface area contributed by atoms with Gasteiger partial charge in [-0.05, 0) is 31.1 Å². The van der Waals surface area contributed by atoms with Crippen LogP contribution in [0.4, 0.5) is 0 Å². The Bertz CT molecular complexity index is 388. The first-order valence-electron chi connectivity index (χ1n) is 7.16. The molecular formula is C18H28S. The lowest BCUT2D eigenvalue weighted by molar-refractivity contribution is 0.123. The van der Waals surface area contributed by atoms with Crippen molar-refractivity contribution in [1.82, 2.24) is 0 Å². The fourth-order valence-corrected chi connectivity index (χ4v) is 4.16. The molecule has 5 unspecified atom stereocenters.